The number of anilines is 3. The molecule has 2 heteroatoms. The molecule has 2 nitrogen and oxygen atoms in total. The Morgan fingerprint density at radius 3 is 2.00 bits per heavy atom. The van der Waals surface area contributed by atoms with E-state index in [0.717, 1.165) is 17.1 Å². The van der Waals surface area contributed by atoms with Gasteiger partial charge in [-0.2, -0.15) is 0 Å². The molecule has 2 unspecified atom stereocenters. The molecule has 0 radical (unpaired) electrons. The number of hydrogen-bond acceptors (Lipinski definition) is 1. The van der Waals surface area contributed by atoms with Gasteiger partial charge in [0, 0.05) is 39.5 Å². The lowest BCUT2D eigenvalue weighted by molar-refractivity contribution is 0.660. The molecule has 260 valence electrons. The van der Waals surface area contributed by atoms with Gasteiger partial charge in [-0.15, -0.1) is 0 Å². The Hall–Kier alpha value is -6.38. The summed E-state index contributed by atoms with van der Waals surface area (Å²) in [5, 5.41) is 1.33. The van der Waals surface area contributed by atoms with Gasteiger partial charge in [0.05, 0.1) is 11.2 Å². The van der Waals surface area contributed by atoms with Crippen molar-refractivity contribution in [1.29, 1.82) is 0 Å². The molecule has 54 heavy (non-hydrogen) atoms. The maximum absolute atomic E-state index is 2.43. The highest BCUT2D eigenvalue weighted by atomic mass is 15.1. The van der Waals surface area contributed by atoms with Crippen LogP contribution in [0.2, 0.25) is 0 Å². The molecule has 7 aromatic carbocycles. The van der Waals surface area contributed by atoms with Crippen molar-refractivity contribution in [2.24, 2.45) is 0 Å². The predicted octanol–water partition coefficient (Wildman–Crippen LogP) is 14.0. The van der Waals surface area contributed by atoms with E-state index in [1.807, 2.05) is 0 Å². The van der Waals surface area contributed by atoms with E-state index >= 15 is 0 Å². The van der Waals surface area contributed by atoms with E-state index in [-0.39, 0.29) is 11.3 Å². The van der Waals surface area contributed by atoms with Crippen LogP contribution < -0.4 is 4.90 Å². The summed E-state index contributed by atoms with van der Waals surface area (Å²) in [5.74, 6) is 0.570. The maximum Gasteiger partial charge on any atom is 0.0537 e. The summed E-state index contributed by atoms with van der Waals surface area (Å²) in [6.07, 6.45) is 4.77. The molecule has 0 saturated carbocycles. The minimum absolute atomic E-state index is 0.0880. The summed E-state index contributed by atoms with van der Waals surface area (Å²) in [6, 6.07) is 64.6. The first-order chi connectivity index (χ1) is 26.5. The molecule has 2 atom stereocenters. The van der Waals surface area contributed by atoms with Gasteiger partial charge in [0.2, 0.25) is 0 Å². The molecular weight excluding hydrogens is 653 g/mol. The molecule has 2 aliphatic carbocycles. The van der Waals surface area contributed by atoms with E-state index in [2.05, 4.69) is 218 Å². The second-order valence-electron chi connectivity index (χ2n) is 15.4. The molecule has 0 amide bonds. The monoisotopic (exact) mass is 694 g/mol. The third-order valence-electron chi connectivity index (χ3n) is 12.0. The van der Waals surface area contributed by atoms with Gasteiger partial charge in [-0.1, -0.05) is 148 Å². The number of fused-ring (bicyclic) bond motifs is 6. The first-order valence-corrected chi connectivity index (χ1v) is 19.1. The third-order valence-corrected chi connectivity index (χ3v) is 12.0. The zero-order valence-electron chi connectivity index (χ0n) is 30.9. The van der Waals surface area contributed by atoms with Gasteiger partial charge in [0.15, 0.2) is 0 Å². The summed E-state index contributed by atoms with van der Waals surface area (Å²) < 4.78 is 2.43. The number of nitrogens with zero attached hydrogens (tertiary/aromatic N) is 2. The van der Waals surface area contributed by atoms with Crippen LogP contribution in [-0.2, 0) is 5.41 Å². The maximum atomic E-state index is 2.43. The van der Waals surface area contributed by atoms with Crippen LogP contribution in [0.4, 0.5) is 17.1 Å². The van der Waals surface area contributed by atoms with Crippen LogP contribution in [0.1, 0.15) is 60.6 Å². The minimum atomic E-state index is -0.0880. The third kappa shape index (κ3) is 5.09. The van der Waals surface area contributed by atoms with Gasteiger partial charge in [0.25, 0.3) is 0 Å². The molecule has 0 saturated heterocycles. The molecule has 0 fully saturated rings. The van der Waals surface area contributed by atoms with Gasteiger partial charge in [-0.3, -0.25) is 0 Å². The first kappa shape index (κ1) is 32.3. The molecule has 0 aliphatic heterocycles. The van der Waals surface area contributed by atoms with Crippen molar-refractivity contribution < 1.29 is 0 Å². The van der Waals surface area contributed by atoms with Gasteiger partial charge in [-0.05, 0) is 111 Å². The molecule has 2 aliphatic rings. The van der Waals surface area contributed by atoms with Crippen molar-refractivity contribution in [2.45, 2.75) is 38.0 Å². The molecule has 10 rings (SSSR count). The Morgan fingerprint density at radius 2 is 1.19 bits per heavy atom. The summed E-state index contributed by atoms with van der Waals surface area (Å²) in [7, 11) is 0. The Morgan fingerprint density at radius 1 is 0.537 bits per heavy atom. The topological polar surface area (TPSA) is 8.17 Å². The van der Waals surface area contributed by atoms with E-state index in [4.69, 9.17) is 0 Å². The van der Waals surface area contributed by atoms with E-state index in [1.54, 1.807) is 0 Å². The minimum Gasteiger partial charge on any atom is -0.310 e. The second kappa shape index (κ2) is 12.6. The smallest absolute Gasteiger partial charge is 0.0537 e. The molecule has 0 bridgehead atoms. The fraction of sp³-hybridized carbons (Fsp3) is 0.115. The first-order valence-electron chi connectivity index (χ1n) is 19.1. The summed E-state index contributed by atoms with van der Waals surface area (Å²) in [6.45, 7) is 7.12. The highest BCUT2D eigenvalue weighted by Gasteiger charge is 2.36. The Labute approximate surface area is 318 Å². The van der Waals surface area contributed by atoms with Crippen molar-refractivity contribution in [3.63, 3.8) is 0 Å². The SMILES string of the molecule is CC1c2c(n(-c3ccccc3)c3ccccc23)C=CC1c1ccc(N(c2cccc(-c3ccccc3)c2)c2ccc3c(c2)C(C)(C)c2ccccc2-3)cc1. The average molecular weight is 695 g/mol. The zero-order valence-corrected chi connectivity index (χ0v) is 30.9. The van der Waals surface area contributed by atoms with Gasteiger partial charge < -0.3 is 9.47 Å². The van der Waals surface area contributed by atoms with Crippen molar-refractivity contribution >= 4 is 34.0 Å². The summed E-state index contributed by atoms with van der Waals surface area (Å²) in [4.78, 5) is 2.43. The highest BCUT2D eigenvalue weighted by molar-refractivity contribution is 5.92. The van der Waals surface area contributed by atoms with Crippen LogP contribution in [0, 0.1) is 0 Å². The van der Waals surface area contributed by atoms with Crippen molar-refractivity contribution in [3.8, 4) is 27.9 Å². The summed E-state index contributed by atoms with van der Waals surface area (Å²) >= 11 is 0. The van der Waals surface area contributed by atoms with Crippen LogP contribution >= 0.6 is 0 Å². The quantitative estimate of drug-likeness (QED) is 0.168. The lowest BCUT2D eigenvalue weighted by Crippen LogP contribution is -2.16. The van der Waals surface area contributed by atoms with Crippen LogP contribution in [-0.4, -0.2) is 4.57 Å². The number of aromatic nitrogens is 1. The highest BCUT2D eigenvalue weighted by Crippen LogP contribution is 2.51. The average Bonchev–Trinajstić information content (AvgIpc) is 3.68. The fourth-order valence-electron chi connectivity index (χ4n) is 9.30. The van der Waals surface area contributed by atoms with Crippen molar-refractivity contribution in [1.82, 2.24) is 4.57 Å². The largest absolute Gasteiger partial charge is 0.310 e. The van der Waals surface area contributed by atoms with Crippen molar-refractivity contribution in [2.75, 3.05) is 4.90 Å². The number of allylic oxidation sites excluding steroid dienone is 1. The zero-order chi connectivity index (χ0) is 36.4. The van der Waals surface area contributed by atoms with Gasteiger partial charge >= 0.3 is 0 Å². The lowest BCUT2D eigenvalue weighted by atomic mass is 9.78. The second-order valence-corrected chi connectivity index (χ2v) is 15.4. The number of para-hydroxylation sites is 2. The number of hydrogen-bond donors (Lipinski definition) is 0. The Balaban J connectivity index is 1.06. The molecule has 8 aromatic rings. The number of rotatable bonds is 6. The fourth-order valence-corrected chi connectivity index (χ4v) is 9.30. The van der Waals surface area contributed by atoms with Crippen LogP contribution in [0.3, 0.4) is 0 Å². The molecule has 1 aromatic heterocycles. The normalized spacial score (nSPS) is 16.5. The van der Waals surface area contributed by atoms with Crippen LogP contribution in [0.5, 0.6) is 0 Å². The predicted molar refractivity (Wildman–Crippen MR) is 228 cm³/mol. The van der Waals surface area contributed by atoms with Crippen molar-refractivity contribution in [3.05, 3.63) is 210 Å². The molecule has 1 heterocycles. The van der Waals surface area contributed by atoms with Gasteiger partial charge in [0.1, 0.15) is 0 Å². The Bertz CT molecular complexity index is 2700. The van der Waals surface area contributed by atoms with E-state index < -0.39 is 0 Å². The van der Waals surface area contributed by atoms with Crippen LogP contribution in [0.25, 0.3) is 44.9 Å². The number of benzene rings is 7. The molecular formula is C52H42N2. The van der Waals surface area contributed by atoms with E-state index in [9.17, 15) is 0 Å². The summed E-state index contributed by atoms with van der Waals surface area (Å²) in [5.41, 5.74) is 17.7. The van der Waals surface area contributed by atoms with Gasteiger partial charge in [-0.25, -0.2) is 0 Å². The lowest BCUT2D eigenvalue weighted by Gasteiger charge is -2.30. The van der Waals surface area contributed by atoms with E-state index in [1.165, 1.54) is 66.8 Å². The van der Waals surface area contributed by atoms with Crippen LogP contribution in [0.15, 0.2) is 182 Å². The van der Waals surface area contributed by atoms with E-state index in [0.29, 0.717) is 5.92 Å². The standard InChI is InChI=1S/C52H42N2/c1-35-43(31-32-50-51(35)46-22-11-13-24-49(46)54(50)39-18-8-5-9-19-39)37-25-27-40(28-26-37)53(41-20-14-17-38(33-41)36-15-6-4-7-16-36)42-29-30-45-44-21-10-12-23-47(44)52(2,3)48(45)34-42/h4-35,43H,1-3H3. The molecule has 0 spiro atoms. The Kier molecular flexibility index (Phi) is 7.56. The molecule has 0 N–H and O–H groups in total.